The predicted molar refractivity (Wildman–Crippen MR) is 82.3 cm³/mol. The van der Waals surface area contributed by atoms with Crippen LogP contribution in [0.15, 0.2) is 0 Å². The summed E-state index contributed by atoms with van der Waals surface area (Å²) in [5, 5.41) is 11.2. The lowest BCUT2D eigenvalue weighted by Gasteiger charge is -2.21. The van der Waals surface area contributed by atoms with Gasteiger partial charge in [-0.05, 0) is 56.3 Å². The average molecular weight is 326 g/mol. The minimum Gasteiger partial charge on any atom is -0.481 e. The minimum atomic E-state index is -1.16. The number of carbonyl (C=O) groups is 3. The van der Waals surface area contributed by atoms with Gasteiger partial charge in [-0.2, -0.15) is 0 Å². The Hall–Kier alpha value is -1.63. The molecular formula is C16H26N2O5. The number of carboxylic acids is 1. The maximum atomic E-state index is 11.9. The van der Waals surface area contributed by atoms with Gasteiger partial charge in [-0.3, -0.25) is 9.59 Å². The summed E-state index contributed by atoms with van der Waals surface area (Å²) in [6.45, 7) is 0. The SMILES string of the molecule is COC(=O)C(CCC(C1CC1)C1CC1)NC(=O)[C@@H](N)CC(=O)O. The molecule has 1 unspecified atom stereocenters. The highest BCUT2D eigenvalue weighted by Crippen LogP contribution is 2.51. The van der Waals surface area contributed by atoms with E-state index in [2.05, 4.69) is 5.32 Å². The van der Waals surface area contributed by atoms with E-state index in [4.69, 9.17) is 15.6 Å². The van der Waals surface area contributed by atoms with Crippen LogP contribution in [0.5, 0.6) is 0 Å². The number of rotatable bonds is 10. The van der Waals surface area contributed by atoms with Crippen molar-refractivity contribution in [3.05, 3.63) is 0 Å². The number of carbonyl (C=O) groups excluding carboxylic acids is 2. The molecule has 4 N–H and O–H groups in total. The zero-order chi connectivity index (χ0) is 17.0. The van der Waals surface area contributed by atoms with Crippen LogP contribution < -0.4 is 11.1 Å². The number of aliphatic carboxylic acids is 1. The van der Waals surface area contributed by atoms with Crippen LogP contribution >= 0.6 is 0 Å². The van der Waals surface area contributed by atoms with Gasteiger partial charge in [-0.25, -0.2) is 4.79 Å². The third kappa shape index (κ3) is 5.49. The van der Waals surface area contributed by atoms with Gasteiger partial charge in [0.05, 0.1) is 19.6 Å². The fourth-order valence-electron chi connectivity index (χ4n) is 3.21. The molecule has 2 aliphatic rings. The van der Waals surface area contributed by atoms with Gasteiger partial charge in [0.2, 0.25) is 5.91 Å². The lowest BCUT2D eigenvalue weighted by Crippen LogP contribution is -2.49. The van der Waals surface area contributed by atoms with Gasteiger partial charge in [0.25, 0.3) is 0 Å². The monoisotopic (exact) mass is 326 g/mol. The van der Waals surface area contributed by atoms with Crippen molar-refractivity contribution < 1.29 is 24.2 Å². The number of hydrogen-bond donors (Lipinski definition) is 3. The maximum Gasteiger partial charge on any atom is 0.328 e. The van der Waals surface area contributed by atoms with Crippen molar-refractivity contribution in [1.29, 1.82) is 0 Å². The molecule has 0 aliphatic heterocycles. The van der Waals surface area contributed by atoms with E-state index in [1.54, 1.807) is 0 Å². The number of nitrogens with one attached hydrogen (secondary N) is 1. The van der Waals surface area contributed by atoms with Crippen molar-refractivity contribution in [2.24, 2.45) is 23.5 Å². The summed E-state index contributed by atoms with van der Waals surface area (Å²) in [5.74, 6) is -0.114. The Balaban J connectivity index is 1.87. The van der Waals surface area contributed by atoms with Gasteiger partial charge in [0.1, 0.15) is 6.04 Å². The zero-order valence-corrected chi connectivity index (χ0v) is 13.5. The van der Waals surface area contributed by atoms with Crippen LogP contribution in [0.4, 0.5) is 0 Å². The number of carboxylic acid groups (broad SMARTS) is 1. The van der Waals surface area contributed by atoms with Gasteiger partial charge in [-0.1, -0.05) is 0 Å². The van der Waals surface area contributed by atoms with Crippen molar-refractivity contribution >= 4 is 17.8 Å². The van der Waals surface area contributed by atoms with E-state index >= 15 is 0 Å². The minimum absolute atomic E-state index is 0.466. The van der Waals surface area contributed by atoms with Crippen LogP contribution in [-0.4, -0.2) is 42.1 Å². The fraction of sp³-hybridized carbons (Fsp3) is 0.812. The summed E-state index contributed by atoms with van der Waals surface area (Å²) in [5.41, 5.74) is 5.54. The Labute approximate surface area is 135 Å². The first kappa shape index (κ1) is 17.7. The Morgan fingerprint density at radius 1 is 1.17 bits per heavy atom. The van der Waals surface area contributed by atoms with Crippen molar-refractivity contribution in [2.45, 2.75) is 57.0 Å². The van der Waals surface area contributed by atoms with Crippen LogP contribution in [-0.2, 0) is 19.1 Å². The summed E-state index contributed by atoms with van der Waals surface area (Å²) in [4.78, 5) is 34.4. The second-order valence-corrected chi connectivity index (χ2v) is 6.70. The maximum absolute atomic E-state index is 11.9. The first-order chi connectivity index (χ1) is 10.9. The Bertz CT molecular complexity index is 447. The highest BCUT2D eigenvalue weighted by Gasteiger charge is 2.41. The van der Waals surface area contributed by atoms with E-state index in [0.717, 1.165) is 18.3 Å². The third-order valence-corrected chi connectivity index (χ3v) is 4.78. The molecule has 0 aromatic heterocycles. The summed E-state index contributed by atoms with van der Waals surface area (Å²) in [6.07, 6.45) is 5.98. The summed E-state index contributed by atoms with van der Waals surface area (Å²) >= 11 is 0. The molecule has 2 rings (SSSR count). The molecular weight excluding hydrogens is 300 g/mol. The molecule has 0 spiro atoms. The number of hydrogen-bond acceptors (Lipinski definition) is 5. The molecule has 23 heavy (non-hydrogen) atoms. The first-order valence-corrected chi connectivity index (χ1v) is 8.28. The van der Waals surface area contributed by atoms with Gasteiger partial charge in [0, 0.05) is 0 Å². The van der Waals surface area contributed by atoms with E-state index in [1.165, 1.54) is 32.8 Å². The van der Waals surface area contributed by atoms with Crippen LogP contribution in [0.25, 0.3) is 0 Å². The number of methoxy groups -OCH3 is 1. The standard InChI is InChI=1S/C16H26N2O5/c1-23-16(22)13(18-15(21)12(17)8-14(19)20)7-6-11(9-2-3-9)10-4-5-10/h9-13H,2-8,17H2,1H3,(H,18,21)(H,19,20)/t12-,13?/m0/s1. The molecule has 2 saturated carbocycles. The van der Waals surface area contributed by atoms with Gasteiger partial charge >= 0.3 is 11.9 Å². The molecule has 0 radical (unpaired) electrons. The fourth-order valence-corrected chi connectivity index (χ4v) is 3.21. The molecule has 0 saturated heterocycles. The molecule has 130 valence electrons. The lowest BCUT2D eigenvalue weighted by molar-refractivity contribution is -0.145. The highest BCUT2D eigenvalue weighted by molar-refractivity contribution is 5.89. The molecule has 2 atom stereocenters. The molecule has 7 nitrogen and oxygen atoms in total. The molecule has 2 aliphatic carbocycles. The lowest BCUT2D eigenvalue weighted by atomic mass is 9.90. The van der Waals surface area contributed by atoms with Gasteiger partial charge in [0.15, 0.2) is 0 Å². The molecule has 0 aromatic rings. The number of esters is 1. The molecule has 7 heteroatoms. The number of ether oxygens (including phenoxy) is 1. The third-order valence-electron chi connectivity index (χ3n) is 4.78. The molecule has 0 bridgehead atoms. The van der Waals surface area contributed by atoms with Gasteiger partial charge < -0.3 is 20.9 Å². The van der Waals surface area contributed by atoms with E-state index in [0.29, 0.717) is 12.3 Å². The normalized spacial score (nSPS) is 20.0. The van der Waals surface area contributed by atoms with Crippen LogP contribution in [0.1, 0.15) is 44.9 Å². The van der Waals surface area contributed by atoms with Crippen LogP contribution in [0, 0.1) is 17.8 Å². The van der Waals surface area contributed by atoms with E-state index < -0.39 is 36.4 Å². The van der Waals surface area contributed by atoms with Crippen LogP contribution in [0.3, 0.4) is 0 Å². The van der Waals surface area contributed by atoms with Crippen LogP contribution in [0.2, 0.25) is 0 Å². The Morgan fingerprint density at radius 2 is 1.74 bits per heavy atom. The second-order valence-electron chi connectivity index (χ2n) is 6.70. The summed E-state index contributed by atoms with van der Waals surface area (Å²) < 4.78 is 4.75. The second kappa shape index (κ2) is 7.77. The first-order valence-electron chi connectivity index (χ1n) is 8.28. The van der Waals surface area contributed by atoms with E-state index in [9.17, 15) is 14.4 Å². The predicted octanol–water partition coefficient (Wildman–Crippen LogP) is 0.663. The molecule has 1 amide bonds. The summed E-state index contributed by atoms with van der Waals surface area (Å²) in [6, 6.07) is -1.92. The molecule has 0 aromatic carbocycles. The van der Waals surface area contributed by atoms with Crippen molar-refractivity contribution in [1.82, 2.24) is 5.32 Å². The van der Waals surface area contributed by atoms with Crippen molar-refractivity contribution in [3.8, 4) is 0 Å². The molecule has 0 heterocycles. The molecule has 2 fully saturated rings. The van der Waals surface area contributed by atoms with Crippen molar-refractivity contribution in [2.75, 3.05) is 7.11 Å². The number of amides is 1. The Kier molecular flexibility index (Phi) is 5.98. The summed E-state index contributed by atoms with van der Waals surface area (Å²) in [7, 11) is 1.28. The van der Waals surface area contributed by atoms with Gasteiger partial charge in [-0.15, -0.1) is 0 Å². The smallest absolute Gasteiger partial charge is 0.328 e. The topological polar surface area (TPSA) is 119 Å². The largest absolute Gasteiger partial charge is 0.481 e. The zero-order valence-electron chi connectivity index (χ0n) is 13.5. The van der Waals surface area contributed by atoms with E-state index in [1.807, 2.05) is 0 Å². The number of nitrogens with two attached hydrogens (primary N) is 1. The van der Waals surface area contributed by atoms with E-state index in [-0.39, 0.29) is 0 Å². The van der Waals surface area contributed by atoms with Crippen molar-refractivity contribution in [3.63, 3.8) is 0 Å². The highest BCUT2D eigenvalue weighted by atomic mass is 16.5. The quantitative estimate of drug-likeness (QED) is 0.508. The average Bonchev–Trinajstić information content (AvgIpc) is 3.37. The Morgan fingerprint density at radius 3 is 2.17 bits per heavy atom.